The Morgan fingerprint density at radius 1 is 1.44 bits per heavy atom. The van der Waals surface area contributed by atoms with E-state index >= 15 is 0 Å². The van der Waals surface area contributed by atoms with E-state index in [0.717, 1.165) is 38.8 Å². The monoisotopic (exact) mass is 229 g/mol. The quantitative estimate of drug-likeness (QED) is 0.756. The van der Waals surface area contributed by atoms with Crippen LogP contribution >= 0.6 is 0 Å². The summed E-state index contributed by atoms with van der Waals surface area (Å²) in [6.45, 7) is 6.39. The van der Waals surface area contributed by atoms with E-state index in [1.54, 1.807) is 7.11 Å². The molecule has 0 aromatic rings. The first-order valence-corrected chi connectivity index (χ1v) is 6.67. The van der Waals surface area contributed by atoms with Gasteiger partial charge >= 0.3 is 0 Å². The van der Waals surface area contributed by atoms with Gasteiger partial charge in [-0.25, -0.2) is 0 Å². The molecule has 3 nitrogen and oxygen atoms in total. The first-order chi connectivity index (χ1) is 7.72. The van der Waals surface area contributed by atoms with E-state index in [4.69, 9.17) is 4.74 Å². The lowest BCUT2D eigenvalue weighted by Gasteiger charge is -2.39. The highest BCUT2D eigenvalue weighted by atomic mass is 16.5. The second-order valence-electron chi connectivity index (χ2n) is 4.83. The summed E-state index contributed by atoms with van der Waals surface area (Å²) >= 11 is 0. The Balaban J connectivity index is 2.50. The van der Waals surface area contributed by atoms with E-state index in [0.29, 0.717) is 12.1 Å². The molecular weight excluding hydrogens is 202 g/mol. The van der Waals surface area contributed by atoms with Crippen molar-refractivity contribution in [2.24, 2.45) is 0 Å². The number of piperidine rings is 1. The number of ether oxygens (including phenoxy) is 1. The lowest BCUT2D eigenvalue weighted by atomic mass is 9.98. The maximum atomic E-state index is 10.1. The number of likely N-dealkylation sites (tertiary alicyclic amines) is 1. The van der Waals surface area contributed by atoms with Crippen molar-refractivity contribution in [3.05, 3.63) is 0 Å². The van der Waals surface area contributed by atoms with Crippen molar-refractivity contribution in [3.63, 3.8) is 0 Å². The number of nitrogens with zero attached hydrogens (tertiary/aromatic N) is 1. The molecule has 1 heterocycles. The summed E-state index contributed by atoms with van der Waals surface area (Å²) in [7, 11) is 1.79. The molecule has 0 aliphatic carbocycles. The van der Waals surface area contributed by atoms with Crippen molar-refractivity contribution in [1.82, 2.24) is 4.90 Å². The van der Waals surface area contributed by atoms with Crippen LogP contribution in [0.15, 0.2) is 0 Å². The van der Waals surface area contributed by atoms with Gasteiger partial charge in [-0.15, -0.1) is 0 Å². The molecule has 0 radical (unpaired) electrons. The largest absolute Gasteiger partial charge is 0.391 e. The van der Waals surface area contributed by atoms with Gasteiger partial charge in [0.25, 0.3) is 0 Å². The molecular formula is C13H27NO2. The third kappa shape index (κ3) is 3.72. The van der Waals surface area contributed by atoms with Crippen molar-refractivity contribution in [2.45, 2.75) is 64.2 Å². The molecule has 1 fully saturated rings. The Morgan fingerprint density at radius 2 is 2.19 bits per heavy atom. The summed E-state index contributed by atoms with van der Waals surface area (Å²) in [5.74, 6) is 0. The molecule has 96 valence electrons. The minimum absolute atomic E-state index is 0.175. The fourth-order valence-corrected chi connectivity index (χ4v) is 2.72. The predicted molar refractivity (Wildman–Crippen MR) is 66.6 cm³/mol. The molecule has 16 heavy (non-hydrogen) atoms. The normalized spacial score (nSPS) is 26.6. The minimum atomic E-state index is -0.175. The lowest BCUT2D eigenvalue weighted by Crippen LogP contribution is -2.49. The second kappa shape index (κ2) is 7.25. The van der Waals surface area contributed by atoms with Crippen molar-refractivity contribution in [1.29, 1.82) is 0 Å². The smallest absolute Gasteiger partial charge is 0.0698 e. The number of hydrogen-bond donors (Lipinski definition) is 1. The van der Waals surface area contributed by atoms with Gasteiger partial charge in [-0.2, -0.15) is 0 Å². The summed E-state index contributed by atoms with van der Waals surface area (Å²) < 4.78 is 5.43. The highest BCUT2D eigenvalue weighted by Gasteiger charge is 2.28. The average molecular weight is 229 g/mol. The SMILES string of the molecule is CCCC(O)C(CC)N1CCCC(OC)C1. The third-order valence-corrected chi connectivity index (χ3v) is 3.66. The van der Waals surface area contributed by atoms with E-state index in [2.05, 4.69) is 18.7 Å². The Kier molecular flexibility index (Phi) is 6.32. The predicted octanol–water partition coefficient (Wildman–Crippen LogP) is 2.04. The number of rotatable bonds is 6. The summed E-state index contributed by atoms with van der Waals surface area (Å²) in [6, 6.07) is 0.317. The Bertz CT molecular complexity index is 187. The van der Waals surface area contributed by atoms with Gasteiger partial charge in [-0.1, -0.05) is 20.3 Å². The number of aliphatic hydroxyl groups excluding tert-OH is 1. The molecule has 0 bridgehead atoms. The van der Waals surface area contributed by atoms with Crippen LogP contribution in [-0.4, -0.2) is 48.5 Å². The van der Waals surface area contributed by atoms with Crippen LogP contribution in [-0.2, 0) is 4.74 Å². The molecule has 3 heteroatoms. The lowest BCUT2D eigenvalue weighted by molar-refractivity contribution is -0.0225. The maximum Gasteiger partial charge on any atom is 0.0698 e. The second-order valence-corrected chi connectivity index (χ2v) is 4.83. The van der Waals surface area contributed by atoms with Crippen LogP contribution < -0.4 is 0 Å². The zero-order valence-electron chi connectivity index (χ0n) is 11.0. The van der Waals surface area contributed by atoms with Crippen molar-refractivity contribution in [3.8, 4) is 0 Å². The van der Waals surface area contributed by atoms with E-state index in [9.17, 15) is 5.11 Å². The minimum Gasteiger partial charge on any atom is -0.391 e. The van der Waals surface area contributed by atoms with Gasteiger partial charge in [0.1, 0.15) is 0 Å². The highest BCUT2D eigenvalue weighted by molar-refractivity contribution is 4.83. The molecule has 3 atom stereocenters. The fraction of sp³-hybridized carbons (Fsp3) is 1.00. The number of aliphatic hydroxyl groups is 1. The Morgan fingerprint density at radius 3 is 2.75 bits per heavy atom. The third-order valence-electron chi connectivity index (χ3n) is 3.66. The van der Waals surface area contributed by atoms with Crippen molar-refractivity contribution >= 4 is 0 Å². The zero-order valence-corrected chi connectivity index (χ0v) is 11.0. The van der Waals surface area contributed by atoms with Gasteiger partial charge in [-0.05, 0) is 32.2 Å². The fourth-order valence-electron chi connectivity index (χ4n) is 2.72. The van der Waals surface area contributed by atoms with Crippen LogP contribution in [0.4, 0.5) is 0 Å². The molecule has 1 aliphatic heterocycles. The average Bonchev–Trinajstić information content (AvgIpc) is 2.31. The molecule has 0 amide bonds. The van der Waals surface area contributed by atoms with Crippen LogP contribution in [0.5, 0.6) is 0 Å². The van der Waals surface area contributed by atoms with E-state index in [1.165, 1.54) is 6.42 Å². The summed E-state index contributed by atoms with van der Waals surface area (Å²) in [5.41, 5.74) is 0. The molecule has 1 rings (SSSR count). The maximum absolute atomic E-state index is 10.1. The van der Waals surface area contributed by atoms with Gasteiger partial charge in [0.2, 0.25) is 0 Å². The molecule has 1 N–H and O–H groups in total. The Labute approximate surface area is 99.8 Å². The van der Waals surface area contributed by atoms with Crippen molar-refractivity contribution in [2.75, 3.05) is 20.2 Å². The molecule has 0 spiro atoms. The van der Waals surface area contributed by atoms with Crippen LogP contribution in [0.3, 0.4) is 0 Å². The van der Waals surface area contributed by atoms with E-state index in [-0.39, 0.29) is 6.10 Å². The summed E-state index contributed by atoms with van der Waals surface area (Å²) in [6.07, 6.45) is 5.52. The molecule has 3 unspecified atom stereocenters. The molecule has 0 aromatic heterocycles. The number of methoxy groups -OCH3 is 1. The highest BCUT2D eigenvalue weighted by Crippen LogP contribution is 2.20. The Hall–Kier alpha value is -0.120. The van der Waals surface area contributed by atoms with Crippen LogP contribution in [0.1, 0.15) is 46.0 Å². The van der Waals surface area contributed by atoms with Crippen LogP contribution in [0.25, 0.3) is 0 Å². The van der Waals surface area contributed by atoms with Gasteiger partial charge in [0, 0.05) is 19.7 Å². The summed E-state index contributed by atoms with van der Waals surface area (Å²) in [4.78, 5) is 2.41. The number of hydrogen-bond acceptors (Lipinski definition) is 3. The standard InChI is InChI=1S/C13H27NO2/c1-4-7-13(15)12(5-2)14-9-6-8-11(10-14)16-3/h11-13,15H,4-10H2,1-3H3. The van der Waals surface area contributed by atoms with Crippen molar-refractivity contribution < 1.29 is 9.84 Å². The summed E-state index contributed by atoms with van der Waals surface area (Å²) in [5, 5.41) is 10.1. The van der Waals surface area contributed by atoms with Gasteiger partial charge < -0.3 is 9.84 Å². The van der Waals surface area contributed by atoms with Crippen LogP contribution in [0.2, 0.25) is 0 Å². The van der Waals surface area contributed by atoms with Gasteiger partial charge in [-0.3, -0.25) is 4.90 Å². The van der Waals surface area contributed by atoms with Crippen LogP contribution in [0, 0.1) is 0 Å². The molecule has 0 saturated carbocycles. The van der Waals surface area contributed by atoms with Gasteiger partial charge in [0.05, 0.1) is 12.2 Å². The molecule has 1 saturated heterocycles. The molecule has 0 aromatic carbocycles. The van der Waals surface area contributed by atoms with Gasteiger partial charge in [0.15, 0.2) is 0 Å². The first-order valence-electron chi connectivity index (χ1n) is 6.67. The van der Waals surface area contributed by atoms with E-state index < -0.39 is 0 Å². The first kappa shape index (κ1) is 13.9. The topological polar surface area (TPSA) is 32.7 Å². The zero-order chi connectivity index (χ0) is 12.0. The molecule has 1 aliphatic rings. The van der Waals surface area contributed by atoms with E-state index in [1.807, 2.05) is 0 Å².